The first-order chi connectivity index (χ1) is 16.3. The zero-order valence-corrected chi connectivity index (χ0v) is 19.8. The second kappa shape index (κ2) is 10.1. The molecule has 1 saturated heterocycles. The van der Waals surface area contributed by atoms with Gasteiger partial charge in [0.05, 0.1) is 23.8 Å². The fourth-order valence-corrected chi connectivity index (χ4v) is 4.44. The number of benzene rings is 1. The van der Waals surface area contributed by atoms with Gasteiger partial charge in [-0.25, -0.2) is 0 Å². The van der Waals surface area contributed by atoms with Crippen LogP contribution in [0.2, 0.25) is 0 Å². The molecule has 34 heavy (non-hydrogen) atoms. The van der Waals surface area contributed by atoms with Crippen molar-refractivity contribution in [2.75, 3.05) is 17.2 Å². The number of likely N-dealkylation sites (tertiary alicyclic amines) is 1. The summed E-state index contributed by atoms with van der Waals surface area (Å²) < 4.78 is 4.98. The second-order valence-electron chi connectivity index (χ2n) is 9.09. The molecule has 0 aliphatic carbocycles. The van der Waals surface area contributed by atoms with Crippen LogP contribution in [0.5, 0.6) is 0 Å². The highest BCUT2D eigenvalue weighted by atomic mass is 16.5. The van der Waals surface area contributed by atoms with Gasteiger partial charge in [0.25, 0.3) is 5.91 Å². The summed E-state index contributed by atoms with van der Waals surface area (Å²) >= 11 is 0. The van der Waals surface area contributed by atoms with E-state index in [-0.39, 0.29) is 36.3 Å². The highest BCUT2D eigenvalue weighted by Crippen LogP contribution is 2.29. The lowest BCUT2D eigenvalue weighted by molar-refractivity contribution is -0.137. The van der Waals surface area contributed by atoms with Crippen molar-refractivity contribution in [1.29, 1.82) is 0 Å². The molecule has 1 aromatic carbocycles. The standard InChI is InChI=1S/C24H32N6O4/c1-14-8-6-7-11-30(14)21(31)13-19(28-24(33)20-12-15(2)34-29-20)23(32)25-16(3)22-26-17-9-4-5-10-18(17)27-22/h4-5,9-10,12,14,16,19,22,26-27H,6-8,11,13H2,1-3H3,(H,25,32)(H,28,33)/t14-,16-,19-/m0/s1. The van der Waals surface area contributed by atoms with Gasteiger partial charge >= 0.3 is 0 Å². The van der Waals surface area contributed by atoms with Crippen LogP contribution in [0, 0.1) is 6.92 Å². The summed E-state index contributed by atoms with van der Waals surface area (Å²) in [5, 5.41) is 16.0. The van der Waals surface area contributed by atoms with Crippen LogP contribution in [0.1, 0.15) is 55.8 Å². The molecular formula is C24H32N6O4. The number of hydrogen-bond donors (Lipinski definition) is 4. The van der Waals surface area contributed by atoms with Gasteiger partial charge in [-0.15, -0.1) is 0 Å². The molecule has 0 radical (unpaired) electrons. The van der Waals surface area contributed by atoms with E-state index in [1.165, 1.54) is 6.07 Å². The zero-order valence-electron chi connectivity index (χ0n) is 19.8. The SMILES string of the molecule is Cc1cc(C(=O)N[C@@H](CC(=O)N2CCCC[C@@H]2C)C(=O)N[C@@H](C)C2Nc3ccccc3N2)no1. The largest absolute Gasteiger partial charge is 0.362 e. The molecule has 10 nitrogen and oxygen atoms in total. The highest BCUT2D eigenvalue weighted by molar-refractivity contribution is 5.98. The molecule has 1 aromatic heterocycles. The van der Waals surface area contributed by atoms with Crippen molar-refractivity contribution in [3.8, 4) is 0 Å². The van der Waals surface area contributed by atoms with E-state index in [1.54, 1.807) is 11.8 Å². The summed E-state index contributed by atoms with van der Waals surface area (Å²) in [4.78, 5) is 40.9. The lowest BCUT2D eigenvalue weighted by atomic mass is 10.0. The molecule has 2 aromatic rings. The molecule has 0 spiro atoms. The number of rotatable bonds is 7. The number of carbonyl (C=O) groups excluding carboxylic acids is 3. The number of aromatic nitrogens is 1. The number of nitrogens with zero attached hydrogens (tertiary/aromatic N) is 2. The van der Waals surface area contributed by atoms with E-state index in [1.807, 2.05) is 38.1 Å². The first-order valence-electron chi connectivity index (χ1n) is 11.8. The van der Waals surface area contributed by atoms with Crippen LogP contribution in [-0.4, -0.2) is 58.6 Å². The number of carbonyl (C=O) groups is 3. The maximum absolute atomic E-state index is 13.3. The fourth-order valence-electron chi connectivity index (χ4n) is 4.44. The first-order valence-corrected chi connectivity index (χ1v) is 11.8. The number of hydrogen-bond acceptors (Lipinski definition) is 7. The number of fused-ring (bicyclic) bond motifs is 1. The van der Waals surface area contributed by atoms with Gasteiger partial charge in [-0.1, -0.05) is 17.3 Å². The Bertz CT molecular complexity index is 1030. The predicted molar refractivity (Wildman–Crippen MR) is 127 cm³/mol. The topological polar surface area (TPSA) is 129 Å². The average Bonchev–Trinajstić information content (AvgIpc) is 3.45. The Balaban J connectivity index is 1.44. The van der Waals surface area contributed by atoms with Crippen molar-refractivity contribution >= 4 is 29.1 Å². The number of para-hydroxylation sites is 2. The molecule has 2 aliphatic heterocycles. The minimum atomic E-state index is -1.04. The minimum absolute atomic E-state index is 0.0664. The number of aryl methyl sites for hydroxylation is 1. The summed E-state index contributed by atoms with van der Waals surface area (Å²) in [6, 6.07) is 8.02. The number of nitrogens with one attached hydrogen (secondary N) is 4. The van der Waals surface area contributed by atoms with E-state index < -0.39 is 17.9 Å². The van der Waals surface area contributed by atoms with Gasteiger partial charge in [-0.2, -0.15) is 0 Å². The van der Waals surface area contributed by atoms with Crippen molar-refractivity contribution in [2.45, 2.75) is 70.7 Å². The molecule has 3 atom stereocenters. The lowest BCUT2D eigenvalue weighted by Gasteiger charge is -2.34. The van der Waals surface area contributed by atoms with Crippen molar-refractivity contribution in [1.82, 2.24) is 20.7 Å². The quantitative estimate of drug-likeness (QED) is 0.491. The van der Waals surface area contributed by atoms with Crippen LogP contribution in [0.15, 0.2) is 34.9 Å². The van der Waals surface area contributed by atoms with Gasteiger partial charge in [-0.3, -0.25) is 14.4 Å². The van der Waals surface area contributed by atoms with Crippen molar-refractivity contribution in [3.05, 3.63) is 41.8 Å². The Hall–Kier alpha value is -3.56. The third-order valence-electron chi connectivity index (χ3n) is 6.40. The van der Waals surface area contributed by atoms with Crippen molar-refractivity contribution in [3.63, 3.8) is 0 Å². The van der Waals surface area contributed by atoms with Crippen LogP contribution in [0.3, 0.4) is 0 Å². The van der Waals surface area contributed by atoms with Gasteiger partial charge in [0, 0.05) is 18.7 Å². The summed E-state index contributed by atoms with van der Waals surface area (Å²) in [5.74, 6) is -0.663. The van der Waals surface area contributed by atoms with Crippen molar-refractivity contribution < 1.29 is 18.9 Å². The maximum Gasteiger partial charge on any atom is 0.274 e. The van der Waals surface area contributed by atoms with E-state index >= 15 is 0 Å². The van der Waals surface area contributed by atoms with Gasteiger partial charge in [0.2, 0.25) is 11.8 Å². The van der Waals surface area contributed by atoms with Gasteiger partial charge in [0.1, 0.15) is 18.0 Å². The molecule has 2 aliphatic rings. The summed E-state index contributed by atoms with van der Waals surface area (Å²) in [6.07, 6.45) is 2.60. The van der Waals surface area contributed by atoms with Gasteiger partial charge in [-0.05, 0) is 52.2 Å². The van der Waals surface area contributed by atoms with Crippen LogP contribution < -0.4 is 21.3 Å². The third-order valence-corrected chi connectivity index (χ3v) is 6.40. The Morgan fingerprint density at radius 2 is 1.88 bits per heavy atom. The van der Waals surface area contributed by atoms with Crippen LogP contribution in [0.4, 0.5) is 11.4 Å². The number of piperidine rings is 1. The zero-order chi connectivity index (χ0) is 24.2. The Morgan fingerprint density at radius 3 is 2.50 bits per heavy atom. The molecule has 4 rings (SSSR count). The van der Waals surface area contributed by atoms with E-state index in [0.29, 0.717) is 12.3 Å². The monoisotopic (exact) mass is 468 g/mol. The second-order valence-corrected chi connectivity index (χ2v) is 9.09. The molecule has 0 saturated carbocycles. The van der Waals surface area contributed by atoms with E-state index in [2.05, 4.69) is 26.4 Å². The minimum Gasteiger partial charge on any atom is -0.362 e. The number of amides is 3. The molecule has 4 N–H and O–H groups in total. The lowest BCUT2D eigenvalue weighted by Crippen LogP contribution is -2.55. The summed E-state index contributed by atoms with van der Waals surface area (Å²) in [7, 11) is 0. The molecule has 10 heteroatoms. The molecule has 3 heterocycles. The Kier molecular flexibility index (Phi) is 7.04. The molecule has 3 amide bonds. The van der Waals surface area contributed by atoms with E-state index in [0.717, 1.165) is 30.6 Å². The van der Waals surface area contributed by atoms with Gasteiger partial charge in [0.15, 0.2) is 5.69 Å². The Labute approximate surface area is 198 Å². The smallest absolute Gasteiger partial charge is 0.274 e. The van der Waals surface area contributed by atoms with Crippen LogP contribution in [0.25, 0.3) is 0 Å². The highest BCUT2D eigenvalue weighted by Gasteiger charge is 2.33. The fraction of sp³-hybridized carbons (Fsp3) is 0.500. The van der Waals surface area contributed by atoms with E-state index in [9.17, 15) is 14.4 Å². The van der Waals surface area contributed by atoms with Gasteiger partial charge < -0.3 is 30.7 Å². The third kappa shape index (κ3) is 5.32. The normalized spacial score (nSPS) is 19.4. The van der Waals surface area contributed by atoms with E-state index in [4.69, 9.17) is 4.52 Å². The first kappa shape index (κ1) is 23.6. The molecule has 1 fully saturated rings. The predicted octanol–water partition coefficient (Wildman–Crippen LogP) is 2.24. The summed E-state index contributed by atoms with van der Waals surface area (Å²) in [5.41, 5.74) is 1.97. The maximum atomic E-state index is 13.3. The summed E-state index contributed by atoms with van der Waals surface area (Å²) in [6.45, 7) is 6.22. The number of anilines is 2. The van der Waals surface area contributed by atoms with Crippen LogP contribution >= 0.6 is 0 Å². The molecule has 0 bridgehead atoms. The molecule has 0 unspecified atom stereocenters. The molecular weight excluding hydrogens is 436 g/mol. The van der Waals surface area contributed by atoms with Crippen molar-refractivity contribution in [2.24, 2.45) is 0 Å². The molecule has 182 valence electrons. The Morgan fingerprint density at radius 1 is 1.18 bits per heavy atom. The average molecular weight is 469 g/mol. The van der Waals surface area contributed by atoms with Crippen LogP contribution in [-0.2, 0) is 9.59 Å².